The van der Waals surface area contributed by atoms with Crippen LogP contribution >= 0.6 is 0 Å². The molecule has 146 valence electrons. The van der Waals surface area contributed by atoms with Crippen molar-refractivity contribution in [2.75, 3.05) is 33.1 Å². The molecule has 0 unspecified atom stereocenters. The Morgan fingerprint density at radius 1 is 1.07 bits per heavy atom. The number of esters is 1. The maximum Gasteiger partial charge on any atom is 0.337 e. The first-order valence-corrected chi connectivity index (χ1v) is 8.48. The quantitative estimate of drug-likeness (QED) is 0.588. The van der Waals surface area contributed by atoms with Crippen LogP contribution in [0.2, 0.25) is 0 Å². The van der Waals surface area contributed by atoms with Crippen LogP contribution in [0.25, 0.3) is 6.08 Å². The highest BCUT2D eigenvalue weighted by atomic mass is 16.5. The number of ether oxygens (including phenoxy) is 2. The van der Waals surface area contributed by atoms with Crippen molar-refractivity contribution in [2.45, 2.75) is 0 Å². The minimum Gasteiger partial charge on any atom is -0.497 e. The van der Waals surface area contributed by atoms with Crippen LogP contribution in [0.3, 0.4) is 0 Å². The van der Waals surface area contributed by atoms with Crippen molar-refractivity contribution in [1.82, 2.24) is 4.90 Å². The molecule has 28 heavy (non-hydrogen) atoms. The fourth-order valence-electron chi connectivity index (χ4n) is 2.34. The topological polar surface area (TPSA) is 84.9 Å². The van der Waals surface area contributed by atoms with E-state index < -0.39 is 5.97 Å². The Morgan fingerprint density at radius 2 is 1.79 bits per heavy atom. The van der Waals surface area contributed by atoms with Gasteiger partial charge in [-0.1, -0.05) is 12.1 Å². The molecule has 0 aliphatic rings. The molecular weight excluding hydrogens is 360 g/mol. The Balaban J connectivity index is 1.89. The van der Waals surface area contributed by atoms with Gasteiger partial charge in [0.2, 0.25) is 11.8 Å². The Morgan fingerprint density at radius 3 is 2.43 bits per heavy atom. The lowest BCUT2D eigenvalue weighted by Gasteiger charge is -2.15. The van der Waals surface area contributed by atoms with Crippen molar-refractivity contribution in [3.8, 4) is 5.75 Å². The van der Waals surface area contributed by atoms with E-state index in [-0.39, 0.29) is 18.4 Å². The van der Waals surface area contributed by atoms with Gasteiger partial charge in [-0.25, -0.2) is 4.79 Å². The molecule has 2 amide bonds. The predicted molar refractivity (Wildman–Crippen MR) is 106 cm³/mol. The molecule has 2 rings (SSSR count). The summed E-state index contributed by atoms with van der Waals surface area (Å²) in [5.41, 5.74) is 1.72. The third kappa shape index (κ3) is 5.98. The first-order valence-electron chi connectivity index (χ1n) is 8.48. The van der Waals surface area contributed by atoms with E-state index in [0.29, 0.717) is 17.0 Å². The Hall–Kier alpha value is -3.61. The summed E-state index contributed by atoms with van der Waals surface area (Å²) in [7, 11) is 4.41. The van der Waals surface area contributed by atoms with Crippen LogP contribution in [0, 0.1) is 0 Å². The molecular formula is C21H22N2O5. The van der Waals surface area contributed by atoms with E-state index in [9.17, 15) is 14.4 Å². The van der Waals surface area contributed by atoms with Gasteiger partial charge in [0.1, 0.15) is 5.75 Å². The molecule has 0 radical (unpaired) electrons. The minimum atomic E-state index is -0.453. The first-order chi connectivity index (χ1) is 13.4. The third-order valence-corrected chi connectivity index (χ3v) is 3.86. The van der Waals surface area contributed by atoms with Crippen LogP contribution in [0.4, 0.5) is 5.69 Å². The van der Waals surface area contributed by atoms with E-state index in [4.69, 9.17) is 4.74 Å². The number of likely N-dealkylation sites (N-methyl/N-ethyl adjacent to an activating group) is 1. The molecule has 0 heterocycles. The number of nitrogens with zero attached hydrogens (tertiary/aromatic N) is 1. The van der Waals surface area contributed by atoms with Crippen molar-refractivity contribution in [3.63, 3.8) is 0 Å². The summed E-state index contributed by atoms with van der Waals surface area (Å²) < 4.78 is 9.76. The molecule has 0 aliphatic heterocycles. The molecule has 0 saturated carbocycles. The van der Waals surface area contributed by atoms with Gasteiger partial charge in [-0.05, 0) is 48.0 Å². The molecule has 0 atom stereocenters. The lowest BCUT2D eigenvalue weighted by atomic mass is 10.2. The summed E-state index contributed by atoms with van der Waals surface area (Å²) in [5.74, 6) is -0.415. The van der Waals surface area contributed by atoms with E-state index in [1.807, 2.05) is 18.2 Å². The zero-order chi connectivity index (χ0) is 20.5. The van der Waals surface area contributed by atoms with Crippen LogP contribution in [0.5, 0.6) is 5.75 Å². The molecule has 0 spiro atoms. The second-order valence-electron chi connectivity index (χ2n) is 5.92. The summed E-state index contributed by atoms with van der Waals surface area (Å²) in [5, 5.41) is 2.68. The monoisotopic (exact) mass is 382 g/mol. The summed E-state index contributed by atoms with van der Waals surface area (Å²) in [4.78, 5) is 37.0. The average Bonchev–Trinajstić information content (AvgIpc) is 2.71. The van der Waals surface area contributed by atoms with E-state index in [0.717, 1.165) is 5.56 Å². The van der Waals surface area contributed by atoms with E-state index in [1.54, 1.807) is 43.5 Å². The van der Waals surface area contributed by atoms with E-state index >= 15 is 0 Å². The number of nitrogens with one attached hydrogen (secondary N) is 1. The molecule has 0 fully saturated rings. The smallest absolute Gasteiger partial charge is 0.337 e. The van der Waals surface area contributed by atoms with Gasteiger partial charge in [-0.3, -0.25) is 9.59 Å². The molecule has 0 aliphatic carbocycles. The summed E-state index contributed by atoms with van der Waals surface area (Å²) in [6.07, 6.45) is 3.05. The van der Waals surface area contributed by atoms with Crippen LogP contribution in [-0.4, -0.2) is 50.5 Å². The van der Waals surface area contributed by atoms with Gasteiger partial charge in [-0.2, -0.15) is 0 Å². The Kier molecular flexibility index (Phi) is 7.33. The number of anilines is 1. The SMILES string of the molecule is COC(=O)c1ccc(NC(=O)CN(C)C(=O)/C=C/c2cccc(OC)c2)cc1. The first kappa shape index (κ1) is 20.7. The zero-order valence-electron chi connectivity index (χ0n) is 16.0. The van der Waals surface area contributed by atoms with Crippen molar-refractivity contribution in [2.24, 2.45) is 0 Å². The summed E-state index contributed by atoms with van der Waals surface area (Å²) in [6.45, 7) is -0.111. The lowest BCUT2D eigenvalue weighted by molar-refractivity contribution is -0.129. The van der Waals surface area contributed by atoms with Crippen LogP contribution in [0.1, 0.15) is 15.9 Å². The van der Waals surface area contributed by atoms with Gasteiger partial charge in [0, 0.05) is 18.8 Å². The highest BCUT2D eigenvalue weighted by Gasteiger charge is 2.11. The molecule has 2 aromatic carbocycles. The van der Waals surface area contributed by atoms with Crippen LogP contribution in [-0.2, 0) is 14.3 Å². The molecule has 0 saturated heterocycles. The number of rotatable bonds is 7. The van der Waals surface area contributed by atoms with Gasteiger partial charge in [0.15, 0.2) is 0 Å². The number of hydrogen-bond acceptors (Lipinski definition) is 5. The maximum atomic E-state index is 12.2. The van der Waals surface area contributed by atoms with Crippen molar-refractivity contribution < 1.29 is 23.9 Å². The molecule has 7 nitrogen and oxygen atoms in total. The Labute approximate surface area is 163 Å². The second-order valence-corrected chi connectivity index (χ2v) is 5.92. The van der Waals surface area contributed by atoms with Gasteiger partial charge in [0.05, 0.1) is 26.3 Å². The zero-order valence-corrected chi connectivity index (χ0v) is 16.0. The number of hydrogen-bond donors (Lipinski definition) is 1. The number of benzene rings is 2. The van der Waals surface area contributed by atoms with Crippen molar-refractivity contribution in [1.29, 1.82) is 0 Å². The normalized spacial score (nSPS) is 10.4. The molecule has 0 bridgehead atoms. The highest BCUT2D eigenvalue weighted by Crippen LogP contribution is 2.14. The number of carbonyl (C=O) groups is 3. The second kappa shape index (κ2) is 9.91. The maximum absolute atomic E-state index is 12.2. The molecule has 0 aromatic heterocycles. The predicted octanol–water partition coefficient (Wildman–Crippen LogP) is 2.59. The van der Waals surface area contributed by atoms with Crippen LogP contribution in [0.15, 0.2) is 54.6 Å². The largest absolute Gasteiger partial charge is 0.497 e. The highest BCUT2D eigenvalue weighted by molar-refractivity contribution is 5.98. The fourth-order valence-corrected chi connectivity index (χ4v) is 2.34. The molecule has 1 N–H and O–H groups in total. The number of amides is 2. The van der Waals surface area contributed by atoms with Crippen molar-refractivity contribution >= 4 is 29.5 Å². The summed E-state index contributed by atoms with van der Waals surface area (Å²) >= 11 is 0. The van der Waals surface area contributed by atoms with Crippen molar-refractivity contribution in [3.05, 3.63) is 65.7 Å². The van der Waals surface area contributed by atoms with Crippen LogP contribution < -0.4 is 10.1 Å². The molecule has 7 heteroatoms. The standard InChI is InChI=1S/C21H22N2O5/c1-23(20(25)12-7-15-5-4-6-18(13-15)27-2)14-19(24)22-17-10-8-16(9-11-17)21(26)28-3/h4-13H,14H2,1-3H3,(H,22,24)/b12-7+. The van der Waals surface area contributed by atoms with Gasteiger partial charge in [-0.15, -0.1) is 0 Å². The molecule has 2 aromatic rings. The fraction of sp³-hybridized carbons (Fsp3) is 0.190. The lowest BCUT2D eigenvalue weighted by Crippen LogP contribution is -2.33. The minimum absolute atomic E-state index is 0.111. The van der Waals surface area contributed by atoms with Gasteiger partial charge >= 0.3 is 5.97 Å². The Bertz CT molecular complexity index is 875. The van der Waals surface area contributed by atoms with Gasteiger partial charge < -0.3 is 19.7 Å². The van der Waals surface area contributed by atoms with Gasteiger partial charge in [0.25, 0.3) is 0 Å². The van der Waals surface area contributed by atoms with E-state index in [1.165, 1.54) is 25.1 Å². The summed E-state index contributed by atoms with van der Waals surface area (Å²) in [6, 6.07) is 13.6. The average molecular weight is 382 g/mol. The number of methoxy groups -OCH3 is 2. The van der Waals surface area contributed by atoms with E-state index in [2.05, 4.69) is 10.1 Å². The number of carbonyl (C=O) groups excluding carboxylic acids is 3. The third-order valence-electron chi connectivity index (χ3n) is 3.86.